The van der Waals surface area contributed by atoms with Gasteiger partial charge < -0.3 is 29.9 Å². The fourth-order valence-corrected chi connectivity index (χ4v) is 5.71. The molecule has 2 aromatic rings. The van der Waals surface area contributed by atoms with E-state index in [0.29, 0.717) is 25.4 Å². The topological polar surface area (TPSA) is 99.4 Å². The van der Waals surface area contributed by atoms with Gasteiger partial charge in [-0.05, 0) is 90.5 Å². The number of rotatable bonds is 12. The SMILES string of the molecule is OCCC(CCO)c1ccccc1C1=CCOCC1.OCCC(CCO)c1ccccc1C1CCOCC1. The van der Waals surface area contributed by atoms with Crippen LogP contribution in [-0.2, 0) is 9.47 Å². The van der Waals surface area contributed by atoms with Crippen molar-refractivity contribution in [1.82, 2.24) is 0 Å². The van der Waals surface area contributed by atoms with Crippen LogP contribution in [0.2, 0.25) is 0 Å². The van der Waals surface area contributed by atoms with Crippen LogP contribution in [0.4, 0.5) is 0 Å². The number of ether oxygens (including phenoxy) is 2. The second-order valence-electron chi connectivity index (χ2n) is 10.1. The van der Waals surface area contributed by atoms with Crippen molar-refractivity contribution in [1.29, 1.82) is 0 Å². The Bertz CT molecular complexity index is 940. The summed E-state index contributed by atoms with van der Waals surface area (Å²) >= 11 is 0. The van der Waals surface area contributed by atoms with Crippen molar-refractivity contribution in [2.75, 3.05) is 52.9 Å². The Morgan fingerprint density at radius 3 is 1.79 bits per heavy atom. The zero-order valence-corrected chi connectivity index (χ0v) is 22.6. The van der Waals surface area contributed by atoms with Crippen molar-refractivity contribution in [2.24, 2.45) is 0 Å². The van der Waals surface area contributed by atoms with E-state index >= 15 is 0 Å². The molecule has 1 saturated heterocycles. The lowest BCUT2D eigenvalue weighted by atomic mass is 9.82. The molecule has 4 N–H and O–H groups in total. The van der Waals surface area contributed by atoms with Crippen LogP contribution in [0.25, 0.3) is 5.57 Å². The fourth-order valence-electron chi connectivity index (χ4n) is 5.71. The molecule has 0 atom stereocenters. The molecule has 0 unspecified atom stereocenters. The Hall–Kier alpha value is -2.06. The van der Waals surface area contributed by atoms with Crippen LogP contribution in [0, 0.1) is 0 Å². The summed E-state index contributed by atoms with van der Waals surface area (Å²) < 4.78 is 10.8. The van der Waals surface area contributed by atoms with Gasteiger partial charge in [0.1, 0.15) is 0 Å². The first-order chi connectivity index (χ1) is 18.7. The van der Waals surface area contributed by atoms with E-state index in [-0.39, 0.29) is 38.3 Å². The Morgan fingerprint density at radius 1 is 0.658 bits per heavy atom. The van der Waals surface area contributed by atoms with E-state index in [1.54, 1.807) is 0 Å². The van der Waals surface area contributed by atoms with Gasteiger partial charge in [-0.15, -0.1) is 0 Å². The molecule has 2 aliphatic heterocycles. The Kier molecular flexibility index (Phi) is 14.0. The summed E-state index contributed by atoms with van der Waals surface area (Å²) in [6, 6.07) is 16.8. The second kappa shape index (κ2) is 17.5. The summed E-state index contributed by atoms with van der Waals surface area (Å²) in [6.45, 7) is 3.77. The number of aliphatic hydroxyl groups is 4. The quantitative estimate of drug-likeness (QED) is 0.318. The van der Waals surface area contributed by atoms with E-state index in [4.69, 9.17) is 9.47 Å². The first kappa shape index (κ1) is 30.5. The third-order valence-corrected chi connectivity index (χ3v) is 7.72. The van der Waals surface area contributed by atoms with Crippen molar-refractivity contribution < 1.29 is 29.9 Å². The molecule has 0 aliphatic carbocycles. The lowest BCUT2D eigenvalue weighted by Crippen LogP contribution is -2.17. The van der Waals surface area contributed by atoms with Gasteiger partial charge in [0.25, 0.3) is 0 Å². The van der Waals surface area contributed by atoms with Crippen molar-refractivity contribution in [3.05, 3.63) is 76.9 Å². The smallest absolute Gasteiger partial charge is 0.0653 e. The van der Waals surface area contributed by atoms with Crippen LogP contribution in [0.3, 0.4) is 0 Å². The summed E-state index contributed by atoms with van der Waals surface area (Å²) in [5.41, 5.74) is 6.49. The third-order valence-electron chi connectivity index (χ3n) is 7.72. The standard InChI is InChI=1S/C16H24O3.C16H22O3/c2*17-9-5-13(6-10-18)15-3-1-2-4-16(15)14-7-11-19-12-8-14/h1-4,13-14,17-18H,5-12H2;1-4,7,13,17-18H,5-6,8-12H2. The van der Waals surface area contributed by atoms with Gasteiger partial charge in [-0.2, -0.15) is 0 Å². The summed E-state index contributed by atoms with van der Waals surface area (Å²) in [5, 5.41) is 36.9. The molecule has 2 aliphatic rings. The molecule has 0 aromatic heterocycles. The fraction of sp³-hybridized carbons (Fsp3) is 0.562. The maximum atomic E-state index is 9.22. The molecule has 1 fully saturated rings. The van der Waals surface area contributed by atoms with Crippen LogP contribution in [0.5, 0.6) is 0 Å². The van der Waals surface area contributed by atoms with E-state index in [0.717, 1.165) is 51.9 Å². The summed E-state index contributed by atoms with van der Waals surface area (Å²) in [6.07, 6.45) is 8.05. The van der Waals surface area contributed by atoms with Gasteiger partial charge in [-0.25, -0.2) is 0 Å². The van der Waals surface area contributed by atoms with E-state index in [1.165, 1.54) is 27.8 Å². The van der Waals surface area contributed by atoms with Gasteiger partial charge in [-0.3, -0.25) is 0 Å². The molecule has 0 spiro atoms. The zero-order valence-electron chi connectivity index (χ0n) is 22.6. The van der Waals surface area contributed by atoms with Crippen molar-refractivity contribution in [2.45, 2.75) is 62.7 Å². The van der Waals surface area contributed by atoms with Crippen LogP contribution in [0.15, 0.2) is 54.6 Å². The monoisotopic (exact) mass is 526 g/mol. The number of hydrogen-bond donors (Lipinski definition) is 4. The summed E-state index contributed by atoms with van der Waals surface area (Å²) in [5.74, 6) is 1.04. The van der Waals surface area contributed by atoms with Crippen molar-refractivity contribution in [3.8, 4) is 0 Å². The summed E-state index contributed by atoms with van der Waals surface area (Å²) in [7, 11) is 0. The lowest BCUT2D eigenvalue weighted by Gasteiger charge is -2.27. The van der Waals surface area contributed by atoms with Crippen molar-refractivity contribution in [3.63, 3.8) is 0 Å². The molecule has 6 heteroatoms. The Balaban J connectivity index is 0.000000211. The maximum Gasteiger partial charge on any atom is 0.0653 e. The number of hydrogen-bond acceptors (Lipinski definition) is 6. The number of aliphatic hydroxyl groups excluding tert-OH is 4. The number of benzene rings is 2. The molecule has 2 aromatic carbocycles. The average Bonchev–Trinajstić information content (AvgIpc) is 2.98. The third kappa shape index (κ3) is 9.01. The molecule has 2 heterocycles. The minimum atomic E-state index is 0.154. The molecular formula is C32H46O6. The highest BCUT2D eigenvalue weighted by Gasteiger charge is 2.22. The maximum absolute atomic E-state index is 9.22. The minimum absolute atomic E-state index is 0.154. The minimum Gasteiger partial charge on any atom is -0.396 e. The molecule has 0 amide bonds. The molecule has 0 bridgehead atoms. The first-order valence-electron chi connectivity index (χ1n) is 14.2. The molecule has 0 radical (unpaired) electrons. The largest absolute Gasteiger partial charge is 0.396 e. The van der Waals surface area contributed by atoms with Gasteiger partial charge in [0.2, 0.25) is 0 Å². The second-order valence-corrected chi connectivity index (χ2v) is 10.1. The predicted molar refractivity (Wildman–Crippen MR) is 151 cm³/mol. The highest BCUT2D eigenvalue weighted by molar-refractivity contribution is 5.69. The molecule has 210 valence electrons. The first-order valence-corrected chi connectivity index (χ1v) is 14.2. The Morgan fingerprint density at radius 2 is 1.21 bits per heavy atom. The average molecular weight is 527 g/mol. The molecule has 0 saturated carbocycles. The van der Waals surface area contributed by atoms with Gasteiger partial charge in [-0.1, -0.05) is 54.6 Å². The van der Waals surface area contributed by atoms with Crippen LogP contribution >= 0.6 is 0 Å². The van der Waals surface area contributed by atoms with Crippen molar-refractivity contribution >= 4 is 5.57 Å². The molecule has 6 nitrogen and oxygen atoms in total. The van der Waals surface area contributed by atoms with E-state index < -0.39 is 0 Å². The lowest BCUT2D eigenvalue weighted by molar-refractivity contribution is 0.0850. The molecule has 4 rings (SSSR count). The van der Waals surface area contributed by atoms with E-state index in [2.05, 4.69) is 42.5 Å². The predicted octanol–water partition coefficient (Wildman–Crippen LogP) is 4.77. The van der Waals surface area contributed by atoms with Gasteiger partial charge in [0, 0.05) is 39.6 Å². The normalized spacial score (nSPS) is 16.3. The highest BCUT2D eigenvalue weighted by atomic mass is 16.5. The zero-order chi connectivity index (χ0) is 27.0. The van der Waals surface area contributed by atoms with Gasteiger partial charge in [0.05, 0.1) is 13.2 Å². The van der Waals surface area contributed by atoms with E-state index in [9.17, 15) is 20.4 Å². The highest BCUT2D eigenvalue weighted by Crippen LogP contribution is 2.35. The van der Waals surface area contributed by atoms with Crippen LogP contribution in [0.1, 0.15) is 85.0 Å². The van der Waals surface area contributed by atoms with E-state index in [1.807, 2.05) is 12.1 Å². The summed E-state index contributed by atoms with van der Waals surface area (Å²) in [4.78, 5) is 0. The molecule has 38 heavy (non-hydrogen) atoms. The van der Waals surface area contributed by atoms with Crippen LogP contribution < -0.4 is 0 Å². The molecular weight excluding hydrogens is 480 g/mol. The Labute approximate surface area is 227 Å². The van der Waals surface area contributed by atoms with Gasteiger partial charge >= 0.3 is 0 Å². The van der Waals surface area contributed by atoms with Crippen LogP contribution in [-0.4, -0.2) is 73.3 Å². The van der Waals surface area contributed by atoms with Gasteiger partial charge in [0.15, 0.2) is 0 Å².